The fourth-order valence-electron chi connectivity index (χ4n) is 3.15. The van der Waals surface area contributed by atoms with Gasteiger partial charge in [0.25, 0.3) is 11.5 Å². The number of aryl methyl sites for hydroxylation is 1. The monoisotopic (exact) mass is 464 g/mol. The Morgan fingerprint density at radius 1 is 0.848 bits per heavy atom. The molecule has 33 heavy (non-hydrogen) atoms. The minimum Gasteiger partial charge on any atom is -0.435 e. The first-order valence-corrected chi connectivity index (χ1v) is 9.89. The second-order valence-corrected chi connectivity index (χ2v) is 6.88. The second-order valence-electron chi connectivity index (χ2n) is 6.88. The first kappa shape index (κ1) is 23.8. The number of amides is 1. The molecule has 0 radical (unpaired) electrons. The molecule has 1 amide bonds. The van der Waals surface area contributed by atoms with Gasteiger partial charge in [-0.2, -0.15) is 17.6 Å². The Hall–Kier alpha value is -3.82. The van der Waals surface area contributed by atoms with E-state index in [-0.39, 0.29) is 17.1 Å². The molecule has 6 nitrogen and oxygen atoms in total. The van der Waals surface area contributed by atoms with Crippen molar-refractivity contribution in [1.29, 1.82) is 0 Å². The lowest BCUT2D eigenvalue weighted by Gasteiger charge is -2.20. The molecular weight excluding hydrogens is 444 g/mol. The van der Waals surface area contributed by atoms with Crippen LogP contribution < -0.4 is 20.3 Å². The van der Waals surface area contributed by atoms with Crippen LogP contribution in [0.4, 0.5) is 17.6 Å². The molecule has 0 fully saturated rings. The number of benzene rings is 2. The molecule has 0 aliphatic rings. The standard InChI is InChI=1S/C23H20F4N2O4/c1-2-15-7-12-18(20(30)28-15)21(31)29-19(13-3-8-16(9-4-13)32-22(24)25)14-5-10-17(11-6-14)33-23(26)27/h3-12,19,22-23H,2H2,1H3,(H,28,30)(H,29,31). The van der Waals surface area contributed by atoms with Gasteiger partial charge in [0.2, 0.25) is 0 Å². The van der Waals surface area contributed by atoms with Gasteiger partial charge in [0.05, 0.1) is 6.04 Å². The van der Waals surface area contributed by atoms with E-state index in [1.165, 1.54) is 54.6 Å². The van der Waals surface area contributed by atoms with Crippen molar-refractivity contribution in [2.75, 3.05) is 0 Å². The van der Waals surface area contributed by atoms with E-state index in [9.17, 15) is 27.2 Å². The number of hydrogen-bond donors (Lipinski definition) is 2. The Morgan fingerprint density at radius 3 is 1.73 bits per heavy atom. The predicted octanol–water partition coefficient (Wildman–Crippen LogP) is 4.66. The van der Waals surface area contributed by atoms with Crippen LogP contribution in [0.15, 0.2) is 65.5 Å². The van der Waals surface area contributed by atoms with Gasteiger partial charge in [-0.25, -0.2) is 0 Å². The van der Waals surface area contributed by atoms with E-state index in [1.54, 1.807) is 6.07 Å². The molecule has 0 saturated carbocycles. The number of nitrogens with one attached hydrogen (secondary N) is 2. The average Bonchev–Trinajstić information content (AvgIpc) is 2.77. The first-order chi connectivity index (χ1) is 15.8. The fraction of sp³-hybridized carbons (Fsp3) is 0.217. The molecule has 1 aromatic heterocycles. The zero-order valence-corrected chi connectivity index (χ0v) is 17.4. The second kappa shape index (κ2) is 10.7. The molecule has 2 aromatic carbocycles. The highest BCUT2D eigenvalue weighted by atomic mass is 19.3. The van der Waals surface area contributed by atoms with Gasteiger partial charge in [0.1, 0.15) is 17.1 Å². The van der Waals surface area contributed by atoms with Crippen LogP contribution in [-0.2, 0) is 6.42 Å². The van der Waals surface area contributed by atoms with E-state index in [4.69, 9.17) is 0 Å². The van der Waals surface area contributed by atoms with Gasteiger partial charge >= 0.3 is 13.2 Å². The SMILES string of the molecule is CCc1ccc(C(=O)NC(c2ccc(OC(F)F)cc2)c2ccc(OC(F)F)cc2)c(=O)[nH]1. The lowest BCUT2D eigenvalue weighted by atomic mass is 9.98. The number of ether oxygens (including phenoxy) is 2. The Labute approximate surface area is 186 Å². The molecule has 0 unspecified atom stereocenters. The maximum absolute atomic E-state index is 12.9. The van der Waals surface area contributed by atoms with Crippen molar-refractivity contribution >= 4 is 5.91 Å². The molecule has 174 valence electrons. The Bertz CT molecular complexity index is 1080. The molecule has 2 N–H and O–H groups in total. The maximum atomic E-state index is 12.9. The lowest BCUT2D eigenvalue weighted by molar-refractivity contribution is -0.0505. The summed E-state index contributed by atoms with van der Waals surface area (Å²) in [6.07, 6.45) is 0.583. The highest BCUT2D eigenvalue weighted by Crippen LogP contribution is 2.27. The van der Waals surface area contributed by atoms with E-state index in [2.05, 4.69) is 19.8 Å². The molecule has 3 rings (SSSR count). The number of aromatic nitrogens is 1. The smallest absolute Gasteiger partial charge is 0.387 e. The summed E-state index contributed by atoms with van der Waals surface area (Å²) >= 11 is 0. The third-order valence-corrected chi connectivity index (χ3v) is 4.75. The summed E-state index contributed by atoms with van der Waals surface area (Å²) in [6.45, 7) is -4.14. The highest BCUT2D eigenvalue weighted by molar-refractivity contribution is 5.94. The minimum absolute atomic E-state index is 0.0777. The number of hydrogen-bond acceptors (Lipinski definition) is 4. The molecule has 0 aliphatic carbocycles. The summed E-state index contributed by atoms with van der Waals surface area (Å²) in [5.74, 6) is -0.832. The van der Waals surface area contributed by atoms with Gasteiger partial charge in [0.15, 0.2) is 0 Å². The van der Waals surface area contributed by atoms with Gasteiger partial charge in [-0.1, -0.05) is 31.2 Å². The highest BCUT2D eigenvalue weighted by Gasteiger charge is 2.20. The summed E-state index contributed by atoms with van der Waals surface area (Å²) in [5.41, 5.74) is 0.944. The van der Waals surface area contributed by atoms with E-state index < -0.39 is 30.7 Å². The van der Waals surface area contributed by atoms with Crippen molar-refractivity contribution in [2.24, 2.45) is 0 Å². The number of alkyl halides is 4. The third kappa shape index (κ3) is 6.34. The van der Waals surface area contributed by atoms with Crippen molar-refractivity contribution in [3.05, 3.63) is 93.4 Å². The predicted molar refractivity (Wildman–Crippen MR) is 112 cm³/mol. The molecule has 0 saturated heterocycles. The van der Waals surface area contributed by atoms with Crippen LogP contribution in [0.1, 0.15) is 40.1 Å². The zero-order valence-electron chi connectivity index (χ0n) is 17.4. The number of aromatic amines is 1. The molecule has 1 heterocycles. The zero-order chi connectivity index (χ0) is 24.0. The van der Waals surface area contributed by atoms with Gasteiger partial charge in [0, 0.05) is 5.69 Å². The van der Waals surface area contributed by atoms with Crippen LogP contribution in [0.2, 0.25) is 0 Å². The summed E-state index contributed by atoms with van der Waals surface area (Å²) in [7, 11) is 0. The lowest BCUT2D eigenvalue weighted by Crippen LogP contribution is -2.33. The van der Waals surface area contributed by atoms with Gasteiger partial charge in [-0.15, -0.1) is 0 Å². The van der Waals surface area contributed by atoms with E-state index in [0.29, 0.717) is 23.2 Å². The van der Waals surface area contributed by atoms with Crippen LogP contribution in [0, 0.1) is 0 Å². The number of carbonyl (C=O) groups excluding carboxylic acids is 1. The summed E-state index contributed by atoms with van der Waals surface area (Å²) in [5, 5.41) is 2.73. The molecule has 0 spiro atoms. The van der Waals surface area contributed by atoms with Gasteiger partial charge in [-0.05, 0) is 53.9 Å². The molecule has 0 atom stereocenters. The molecule has 3 aromatic rings. The van der Waals surface area contributed by atoms with E-state index in [1.807, 2.05) is 6.92 Å². The molecular formula is C23H20F4N2O4. The van der Waals surface area contributed by atoms with E-state index >= 15 is 0 Å². The normalized spacial score (nSPS) is 11.2. The van der Waals surface area contributed by atoms with Crippen LogP contribution in [0.5, 0.6) is 11.5 Å². The minimum atomic E-state index is -2.99. The number of H-pyrrole nitrogens is 1. The van der Waals surface area contributed by atoms with Gasteiger partial charge in [-0.3, -0.25) is 9.59 Å². The van der Waals surface area contributed by atoms with Crippen molar-refractivity contribution in [2.45, 2.75) is 32.6 Å². The van der Waals surface area contributed by atoms with Crippen LogP contribution in [-0.4, -0.2) is 24.1 Å². The number of pyridine rings is 1. The number of rotatable bonds is 9. The third-order valence-electron chi connectivity index (χ3n) is 4.75. The van der Waals surface area contributed by atoms with E-state index in [0.717, 1.165) is 0 Å². The largest absolute Gasteiger partial charge is 0.435 e. The molecule has 0 bridgehead atoms. The van der Waals surface area contributed by atoms with Crippen molar-refractivity contribution in [1.82, 2.24) is 10.3 Å². The Morgan fingerprint density at radius 2 is 1.33 bits per heavy atom. The van der Waals surface area contributed by atoms with Crippen molar-refractivity contribution in [3.63, 3.8) is 0 Å². The van der Waals surface area contributed by atoms with Crippen LogP contribution >= 0.6 is 0 Å². The molecule has 10 heteroatoms. The average molecular weight is 464 g/mol. The summed E-state index contributed by atoms with van der Waals surface area (Å²) in [6, 6.07) is 13.3. The molecule has 0 aliphatic heterocycles. The number of carbonyl (C=O) groups is 1. The van der Waals surface area contributed by atoms with Crippen LogP contribution in [0.3, 0.4) is 0 Å². The Kier molecular flexibility index (Phi) is 7.70. The van der Waals surface area contributed by atoms with Gasteiger partial charge < -0.3 is 19.8 Å². The quantitative estimate of drug-likeness (QED) is 0.452. The maximum Gasteiger partial charge on any atom is 0.387 e. The fourth-order valence-corrected chi connectivity index (χ4v) is 3.15. The van der Waals surface area contributed by atoms with Crippen molar-refractivity contribution < 1.29 is 31.8 Å². The number of halogens is 4. The Balaban J connectivity index is 1.93. The first-order valence-electron chi connectivity index (χ1n) is 9.89. The van der Waals surface area contributed by atoms with Crippen LogP contribution in [0.25, 0.3) is 0 Å². The summed E-state index contributed by atoms with van der Waals surface area (Å²) < 4.78 is 58.5. The van der Waals surface area contributed by atoms with Crippen molar-refractivity contribution in [3.8, 4) is 11.5 Å². The summed E-state index contributed by atoms with van der Waals surface area (Å²) in [4.78, 5) is 27.8. The topological polar surface area (TPSA) is 80.4 Å².